The lowest BCUT2D eigenvalue weighted by Gasteiger charge is -2.39. The van der Waals surface area contributed by atoms with E-state index in [1.165, 1.54) is 4.31 Å². The van der Waals surface area contributed by atoms with Crippen LogP contribution in [0.5, 0.6) is 0 Å². The van der Waals surface area contributed by atoms with Gasteiger partial charge in [-0.15, -0.1) is 12.4 Å². The summed E-state index contributed by atoms with van der Waals surface area (Å²) in [6, 6.07) is 7.26. The van der Waals surface area contributed by atoms with Gasteiger partial charge in [0.05, 0.1) is 6.42 Å². The Kier molecular flexibility index (Phi) is 7.47. The average molecular weight is 418 g/mol. The van der Waals surface area contributed by atoms with Gasteiger partial charge in [-0.1, -0.05) is 12.1 Å². The van der Waals surface area contributed by atoms with E-state index in [2.05, 4.69) is 4.90 Å². The zero-order valence-electron chi connectivity index (χ0n) is 15.6. The number of amides is 1. The maximum atomic E-state index is 12.8. The van der Waals surface area contributed by atoms with E-state index in [-0.39, 0.29) is 18.3 Å². The summed E-state index contributed by atoms with van der Waals surface area (Å²) in [6.45, 7) is 4.11. The van der Waals surface area contributed by atoms with E-state index in [0.717, 1.165) is 18.7 Å². The molecule has 1 aromatic rings. The fourth-order valence-corrected chi connectivity index (χ4v) is 4.85. The van der Waals surface area contributed by atoms with E-state index < -0.39 is 10.2 Å². The van der Waals surface area contributed by atoms with Gasteiger partial charge in [0, 0.05) is 58.0 Å². The summed E-state index contributed by atoms with van der Waals surface area (Å²) in [6.07, 6.45) is 0.311. The Morgan fingerprint density at radius 1 is 0.926 bits per heavy atom. The van der Waals surface area contributed by atoms with Crippen molar-refractivity contribution < 1.29 is 13.2 Å². The standard InChI is InChI=1S/C17H27N5O3S.ClH/c1-19-6-10-21(11-7-19)26(24,25)22-12-8-20(9-13-22)17(23)14-15-2-4-16(18)5-3-15;/h2-5H,6-14,18H2,1H3;1H. The molecule has 2 aliphatic rings. The third-order valence-corrected chi connectivity index (χ3v) is 7.08. The molecule has 0 unspecified atom stereocenters. The number of likely N-dealkylation sites (N-methyl/N-ethyl adjacent to an activating group) is 1. The van der Waals surface area contributed by atoms with Crippen molar-refractivity contribution in [3.63, 3.8) is 0 Å². The first-order valence-corrected chi connectivity index (χ1v) is 10.3. The van der Waals surface area contributed by atoms with Crippen molar-refractivity contribution in [1.82, 2.24) is 18.4 Å². The van der Waals surface area contributed by atoms with Crippen molar-refractivity contribution in [2.75, 3.05) is 65.1 Å². The molecule has 0 saturated carbocycles. The summed E-state index contributed by atoms with van der Waals surface area (Å²) in [5.74, 6) is 0.0198. The first-order chi connectivity index (χ1) is 12.4. The molecule has 27 heavy (non-hydrogen) atoms. The monoisotopic (exact) mass is 417 g/mol. The van der Waals surface area contributed by atoms with Gasteiger partial charge in [0.15, 0.2) is 0 Å². The number of carbonyl (C=O) groups is 1. The van der Waals surface area contributed by atoms with Gasteiger partial charge in [0.25, 0.3) is 10.2 Å². The van der Waals surface area contributed by atoms with Gasteiger partial charge in [-0.2, -0.15) is 17.0 Å². The quantitative estimate of drug-likeness (QED) is 0.689. The number of anilines is 1. The number of rotatable bonds is 4. The predicted molar refractivity (Wildman–Crippen MR) is 108 cm³/mol. The number of carbonyl (C=O) groups excluding carboxylic acids is 1. The zero-order chi connectivity index (χ0) is 18.7. The Labute approximate surface area is 167 Å². The van der Waals surface area contributed by atoms with Crippen LogP contribution in [0.3, 0.4) is 0 Å². The van der Waals surface area contributed by atoms with Crippen LogP contribution in [0.2, 0.25) is 0 Å². The number of nitrogen functional groups attached to an aromatic ring is 1. The molecule has 8 nitrogen and oxygen atoms in total. The first-order valence-electron chi connectivity index (χ1n) is 8.92. The molecule has 1 amide bonds. The predicted octanol–water partition coefficient (Wildman–Crippen LogP) is -0.130. The highest BCUT2D eigenvalue weighted by Crippen LogP contribution is 2.15. The van der Waals surface area contributed by atoms with E-state index in [4.69, 9.17) is 5.73 Å². The van der Waals surface area contributed by atoms with Crippen molar-refractivity contribution in [1.29, 1.82) is 0 Å². The lowest BCUT2D eigenvalue weighted by molar-refractivity contribution is -0.131. The maximum Gasteiger partial charge on any atom is 0.282 e. The Balaban J connectivity index is 0.00000261. The van der Waals surface area contributed by atoms with Crippen LogP contribution in [0.4, 0.5) is 5.69 Å². The molecule has 2 heterocycles. The van der Waals surface area contributed by atoms with Crippen molar-refractivity contribution in [3.05, 3.63) is 29.8 Å². The fourth-order valence-electron chi connectivity index (χ4n) is 3.27. The molecule has 2 saturated heterocycles. The maximum absolute atomic E-state index is 12.8. The van der Waals surface area contributed by atoms with Crippen molar-refractivity contribution >= 4 is 34.2 Å². The molecule has 2 fully saturated rings. The lowest BCUT2D eigenvalue weighted by atomic mass is 10.1. The van der Waals surface area contributed by atoms with Gasteiger partial charge in [0.2, 0.25) is 5.91 Å². The second-order valence-corrected chi connectivity index (χ2v) is 8.84. The van der Waals surface area contributed by atoms with Gasteiger partial charge in [-0.3, -0.25) is 4.79 Å². The summed E-state index contributed by atoms with van der Waals surface area (Å²) < 4.78 is 28.6. The minimum absolute atomic E-state index is 0. The molecule has 2 aliphatic heterocycles. The molecule has 0 atom stereocenters. The van der Waals surface area contributed by atoms with Crippen molar-refractivity contribution in [2.45, 2.75) is 6.42 Å². The van der Waals surface area contributed by atoms with Crippen LogP contribution in [0.1, 0.15) is 5.56 Å². The molecular weight excluding hydrogens is 390 g/mol. The van der Waals surface area contributed by atoms with Crippen LogP contribution in [0.15, 0.2) is 24.3 Å². The zero-order valence-corrected chi connectivity index (χ0v) is 17.2. The van der Waals surface area contributed by atoms with Crippen molar-refractivity contribution in [3.8, 4) is 0 Å². The Hall–Kier alpha value is -1.39. The highest BCUT2D eigenvalue weighted by molar-refractivity contribution is 7.86. The van der Waals surface area contributed by atoms with Crippen LogP contribution < -0.4 is 5.73 Å². The van der Waals surface area contributed by atoms with E-state index in [9.17, 15) is 13.2 Å². The molecule has 0 spiro atoms. The van der Waals surface area contributed by atoms with Crippen LogP contribution in [-0.4, -0.2) is 92.1 Å². The minimum Gasteiger partial charge on any atom is -0.399 e. The number of hydrogen-bond donors (Lipinski definition) is 1. The van der Waals surface area contributed by atoms with Gasteiger partial charge in [-0.05, 0) is 24.7 Å². The molecular formula is C17H28ClN5O3S. The summed E-state index contributed by atoms with van der Waals surface area (Å²) in [7, 11) is -1.44. The van der Waals surface area contributed by atoms with E-state index >= 15 is 0 Å². The van der Waals surface area contributed by atoms with E-state index in [1.54, 1.807) is 21.3 Å². The average Bonchev–Trinajstić information content (AvgIpc) is 2.64. The Morgan fingerprint density at radius 3 is 1.93 bits per heavy atom. The summed E-state index contributed by atoms with van der Waals surface area (Å²) in [4.78, 5) is 16.3. The Bertz CT molecular complexity index is 727. The second kappa shape index (κ2) is 9.20. The van der Waals surface area contributed by atoms with Gasteiger partial charge in [0.1, 0.15) is 0 Å². The molecule has 0 radical (unpaired) electrons. The van der Waals surface area contributed by atoms with Gasteiger partial charge >= 0.3 is 0 Å². The largest absolute Gasteiger partial charge is 0.399 e. The first kappa shape index (κ1) is 21.9. The summed E-state index contributed by atoms with van der Waals surface area (Å²) >= 11 is 0. The second-order valence-electron chi connectivity index (χ2n) is 6.91. The van der Waals surface area contributed by atoms with Crippen LogP contribution in [-0.2, 0) is 21.4 Å². The molecule has 1 aromatic carbocycles. The number of halogens is 1. The number of nitrogens with two attached hydrogens (primary N) is 1. The van der Waals surface area contributed by atoms with Gasteiger partial charge < -0.3 is 15.5 Å². The topological polar surface area (TPSA) is 90.2 Å². The summed E-state index contributed by atoms with van der Waals surface area (Å²) in [5.41, 5.74) is 7.24. The highest BCUT2D eigenvalue weighted by atomic mass is 35.5. The lowest BCUT2D eigenvalue weighted by Crippen LogP contribution is -2.57. The number of hydrogen-bond acceptors (Lipinski definition) is 5. The van der Waals surface area contributed by atoms with Crippen molar-refractivity contribution in [2.24, 2.45) is 0 Å². The van der Waals surface area contributed by atoms with Crippen LogP contribution in [0, 0.1) is 0 Å². The van der Waals surface area contributed by atoms with Gasteiger partial charge in [-0.25, -0.2) is 0 Å². The van der Waals surface area contributed by atoms with Crippen LogP contribution in [0.25, 0.3) is 0 Å². The smallest absolute Gasteiger partial charge is 0.282 e. The molecule has 2 N–H and O–H groups in total. The molecule has 10 heteroatoms. The summed E-state index contributed by atoms with van der Waals surface area (Å²) in [5, 5.41) is 0. The molecule has 0 bridgehead atoms. The minimum atomic E-state index is -3.43. The number of nitrogens with zero attached hydrogens (tertiary/aromatic N) is 4. The number of piperazine rings is 2. The fraction of sp³-hybridized carbons (Fsp3) is 0.588. The molecule has 0 aliphatic carbocycles. The third kappa shape index (κ3) is 5.32. The molecule has 0 aromatic heterocycles. The normalized spacial score (nSPS) is 20.3. The van der Waals surface area contributed by atoms with Crippen LogP contribution >= 0.6 is 12.4 Å². The molecule has 3 rings (SSSR count). The SMILES string of the molecule is CN1CCN(S(=O)(=O)N2CCN(C(=O)Cc3ccc(N)cc3)CC2)CC1.Cl. The third-order valence-electron chi connectivity index (χ3n) is 5.04. The number of benzene rings is 1. The molecule has 152 valence electrons. The van der Waals surface area contributed by atoms with E-state index in [0.29, 0.717) is 51.4 Å². The Morgan fingerprint density at radius 2 is 1.41 bits per heavy atom. The van der Waals surface area contributed by atoms with E-state index in [1.807, 2.05) is 19.2 Å². The highest BCUT2D eigenvalue weighted by Gasteiger charge is 2.34.